The molecule has 0 aliphatic heterocycles. The van der Waals surface area contributed by atoms with Gasteiger partial charge in [-0.1, -0.05) is 36.4 Å². The fourth-order valence-corrected chi connectivity index (χ4v) is 2.63. The molecule has 0 saturated heterocycles. The van der Waals surface area contributed by atoms with E-state index in [0.717, 1.165) is 22.5 Å². The zero-order chi connectivity index (χ0) is 22.8. The lowest BCUT2D eigenvalue weighted by molar-refractivity contribution is 0.101. The zero-order valence-corrected chi connectivity index (χ0v) is 17.7. The molecule has 2 N–H and O–H groups in total. The normalized spacial score (nSPS) is 9.81. The van der Waals surface area contributed by atoms with Gasteiger partial charge >= 0.3 is 0 Å². The quantitative estimate of drug-likeness (QED) is 0.509. The average molecular weight is 426 g/mol. The second-order valence-corrected chi connectivity index (χ2v) is 6.72. The highest BCUT2D eigenvalue weighted by atomic mass is 16.2. The number of rotatable bonds is 4. The van der Waals surface area contributed by atoms with Crippen LogP contribution in [0, 0.1) is 13.8 Å². The minimum absolute atomic E-state index is 0.248. The van der Waals surface area contributed by atoms with Crippen LogP contribution in [0.15, 0.2) is 85.7 Å². The molecule has 0 atom stereocenters. The van der Waals surface area contributed by atoms with Gasteiger partial charge in [-0.2, -0.15) is 0 Å². The van der Waals surface area contributed by atoms with E-state index in [2.05, 4.69) is 30.6 Å². The summed E-state index contributed by atoms with van der Waals surface area (Å²) in [6, 6.07) is 15.2. The second-order valence-electron chi connectivity index (χ2n) is 6.72. The van der Waals surface area contributed by atoms with Crippen LogP contribution in [-0.4, -0.2) is 31.8 Å². The molecule has 0 saturated carbocycles. The van der Waals surface area contributed by atoms with Gasteiger partial charge < -0.3 is 10.6 Å². The maximum Gasteiger partial charge on any atom is 0.275 e. The minimum Gasteiger partial charge on any atom is -0.320 e. The molecule has 4 rings (SSSR count). The molecule has 8 heteroatoms. The number of aromatic nitrogens is 4. The SMILES string of the molecule is Cc1ccccc1NC(=O)c1cnccn1.Cc1ccccc1NC(=O)c1cnccn1. The Morgan fingerprint density at radius 3 is 1.38 bits per heavy atom. The smallest absolute Gasteiger partial charge is 0.275 e. The van der Waals surface area contributed by atoms with E-state index in [4.69, 9.17) is 0 Å². The molecule has 2 aromatic carbocycles. The Morgan fingerprint density at radius 1 is 0.625 bits per heavy atom. The van der Waals surface area contributed by atoms with Crippen molar-refractivity contribution in [3.05, 3.63) is 108 Å². The number of para-hydroxylation sites is 2. The summed E-state index contributed by atoms with van der Waals surface area (Å²) in [5.41, 5.74) is 4.23. The summed E-state index contributed by atoms with van der Waals surface area (Å²) in [5.74, 6) is -0.496. The van der Waals surface area contributed by atoms with Crippen molar-refractivity contribution in [3.63, 3.8) is 0 Å². The van der Waals surface area contributed by atoms with Crippen LogP contribution >= 0.6 is 0 Å². The summed E-state index contributed by atoms with van der Waals surface area (Å²) in [6.07, 6.45) is 8.93. The lowest BCUT2D eigenvalue weighted by Crippen LogP contribution is -2.14. The summed E-state index contributed by atoms with van der Waals surface area (Å²) < 4.78 is 0. The Balaban J connectivity index is 0.000000181. The van der Waals surface area contributed by atoms with Gasteiger partial charge in [-0.25, -0.2) is 9.97 Å². The molecule has 8 nitrogen and oxygen atoms in total. The molecule has 2 amide bonds. The third kappa shape index (κ3) is 6.27. The number of nitrogens with zero attached hydrogens (tertiary/aromatic N) is 4. The fraction of sp³-hybridized carbons (Fsp3) is 0.0833. The van der Waals surface area contributed by atoms with Gasteiger partial charge in [-0.3, -0.25) is 19.6 Å². The molecule has 2 heterocycles. The predicted octanol–water partition coefficient (Wildman–Crippen LogP) is 4.07. The van der Waals surface area contributed by atoms with Gasteiger partial charge in [0.15, 0.2) is 0 Å². The van der Waals surface area contributed by atoms with Crippen molar-refractivity contribution >= 4 is 23.2 Å². The van der Waals surface area contributed by atoms with Crippen molar-refractivity contribution < 1.29 is 9.59 Å². The van der Waals surface area contributed by atoms with Gasteiger partial charge in [0.1, 0.15) is 11.4 Å². The molecular formula is C24H22N6O2. The molecule has 32 heavy (non-hydrogen) atoms. The van der Waals surface area contributed by atoms with Crippen LogP contribution in [-0.2, 0) is 0 Å². The van der Waals surface area contributed by atoms with Gasteiger partial charge in [0.2, 0.25) is 0 Å². The molecule has 0 aliphatic rings. The van der Waals surface area contributed by atoms with Gasteiger partial charge in [-0.05, 0) is 37.1 Å². The Labute approximate surface area is 185 Å². The Bertz CT molecular complexity index is 1090. The lowest BCUT2D eigenvalue weighted by Gasteiger charge is -2.06. The molecule has 0 unspecified atom stereocenters. The van der Waals surface area contributed by atoms with E-state index < -0.39 is 0 Å². The number of hydrogen-bond acceptors (Lipinski definition) is 6. The molecule has 0 bridgehead atoms. The Kier molecular flexibility index (Phi) is 7.69. The van der Waals surface area contributed by atoms with Crippen molar-refractivity contribution in [2.45, 2.75) is 13.8 Å². The van der Waals surface area contributed by atoms with E-state index in [1.54, 1.807) is 0 Å². The summed E-state index contributed by atoms with van der Waals surface area (Å²) in [6.45, 7) is 3.87. The number of hydrogen-bond donors (Lipinski definition) is 2. The Hall–Kier alpha value is -4.46. The predicted molar refractivity (Wildman–Crippen MR) is 122 cm³/mol. The van der Waals surface area contributed by atoms with Gasteiger partial charge in [-0.15, -0.1) is 0 Å². The van der Waals surface area contributed by atoms with Crippen molar-refractivity contribution in [2.24, 2.45) is 0 Å². The van der Waals surface area contributed by atoms with Crippen molar-refractivity contribution in [1.29, 1.82) is 0 Å². The molecule has 2 aromatic heterocycles. The summed E-state index contributed by atoms with van der Waals surface area (Å²) >= 11 is 0. The number of amides is 2. The van der Waals surface area contributed by atoms with E-state index in [9.17, 15) is 9.59 Å². The van der Waals surface area contributed by atoms with E-state index in [0.29, 0.717) is 11.4 Å². The molecule has 0 spiro atoms. The molecule has 0 aliphatic carbocycles. The van der Waals surface area contributed by atoms with Gasteiger partial charge in [0.25, 0.3) is 11.8 Å². The first-order valence-electron chi connectivity index (χ1n) is 9.80. The fourth-order valence-electron chi connectivity index (χ4n) is 2.63. The number of benzene rings is 2. The number of carbonyl (C=O) groups is 2. The first kappa shape index (κ1) is 22.2. The molecule has 0 fully saturated rings. The van der Waals surface area contributed by atoms with E-state index in [1.807, 2.05) is 62.4 Å². The van der Waals surface area contributed by atoms with E-state index in [-0.39, 0.29) is 11.8 Å². The Morgan fingerprint density at radius 2 is 1.03 bits per heavy atom. The van der Waals surface area contributed by atoms with E-state index >= 15 is 0 Å². The monoisotopic (exact) mass is 426 g/mol. The van der Waals surface area contributed by atoms with Crippen molar-refractivity contribution in [3.8, 4) is 0 Å². The maximum atomic E-state index is 11.8. The second kappa shape index (κ2) is 11.1. The first-order valence-corrected chi connectivity index (χ1v) is 9.80. The highest BCUT2D eigenvalue weighted by Gasteiger charge is 2.09. The maximum absolute atomic E-state index is 11.8. The van der Waals surface area contributed by atoms with Crippen LogP contribution in [0.25, 0.3) is 0 Å². The van der Waals surface area contributed by atoms with Crippen LogP contribution < -0.4 is 10.6 Å². The van der Waals surface area contributed by atoms with Crippen molar-refractivity contribution in [1.82, 2.24) is 19.9 Å². The number of aryl methyl sites for hydroxylation is 2. The summed E-state index contributed by atoms with van der Waals surface area (Å²) in [4.78, 5) is 39.1. The molecule has 4 aromatic rings. The lowest BCUT2D eigenvalue weighted by atomic mass is 10.2. The highest BCUT2D eigenvalue weighted by molar-refractivity contribution is 6.03. The number of nitrogens with one attached hydrogen (secondary N) is 2. The van der Waals surface area contributed by atoms with Crippen molar-refractivity contribution in [2.75, 3.05) is 10.6 Å². The molecule has 160 valence electrons. The largest absolute Gasteiger partial charge is 0.320 e. The van der Waals surface area contributed by atoms with Crippen LogP contribution in [0.2, 0.25) is 0 Å². The van der Waals surface area contributed by atoms with Crippen LogP contribution in [0.4, 0.5) is 11.4 Å². The first-order chi connectivity index (χ1) is 15.5. The number of anilines is 2. The zero-order valence-electron chi connectivity index (χ0n) is 17.7. The molecular weight excluding hydrogens is 404 g/mol. The van der Waals surface area contributed by atoms with Gasteiger partial charge in [0.05, 0.1) is 12.4 Å². The van der Waals surface area contributed by atoms with Crippen LogP contribution in [0.1, 0.15) is 32.1 Å². The van der Waals surface area contributed by atoms with Crippen LogP contribution in [0.5, 0.6) is 0 Å². The summed E-state index contributed by atoms with van der Waals surface area (Å²) in [7, 11) is 0. The standard InChI is InChI=1S/2C12H11N3O/c2*1-9-4-2-3-5-10(9)15-12(16)11-8-13-6-7-14-11/h2*2-8H,1H3,(H,15,16). The number of carbonyl (C=O) groups excluding carboxylic acids is 2. The summed E-state index contributed by atoms with van der Waals surface area (Å²) in [5, 5.41) is 5.57. The highest BCUT2D eigenvalue weighted by Crippen LogP contribution is 2.14. The molecule has 0 radical (unpaired) electrons. The third-order valence-corrected chi connectivity index (χ3v) is 4.38. The van der Waals surface area contributed by atoms with E-state index in [1.165, 1.54) is 37.2 Å². The third-order valence-electron chi connectivity index (χ3n) is 4.38. The average Bonchev–Trinajstić information content (AvgIpc) is 2.83. The van der Waals surface area contributed by atoms with Gasteiger partial charge in [0, 0.05) is 36.2 Å². The minimum atomic E-state index is -0.248. The van der Waals surface area contributed by atoms with Crippen LogP contribution in [0.3, 0.4) is 0 Å². The topological polar surface area (TPSA) is 110 Å².